The first-order valence-electron chi connectivity index (χ1n) is 8.39. The highest BCUT2D eigenvalue weighted by Crippen LogP contribution is 2.25. The van der Waals surface area contributed by atoms with Crippen molar-refractivity contribution in [2.75, 3.05) is 6.54 Å². The van der Waals surface area contributed by atoms with Crippen molar-refractivity contribution in [2.24, 2.45) is 7.05 Å². The molecular weight excluding hydrogens is 357 g/mol. The highest BCUT2D eigenvalue weighted by Gasteiger charge is 2.24. The average molecular weight is 376 g/mol. The number of rotatable bonds is 4. The largest absolute Gasteiger partial charge is 0.379 e. The lowest BCUT2D eigenvalue weighted by molar-refractivity contribution is 0.194. The maximum absolute atomic E-state index is 13.2. The van der Waals surface area contributed by atoms with Crippen molar-refractivity contribution in [3.05, 3.63) is 70.3 Å². The standard InChI is InChI=1S/C18H19ClFN5O/c1-23-5-4-21-18(23)17(26)16-9-14-11-24(6-7-25(14)22-16)10-12-2-3-13(20)8-15(12)19/h2-5,8-9,17,26H,6-7,10-11H2,1H3. The third-order valence-electron chi connectivity index (χ3n) is 4.69. The number of nitrogens with zero attached hydrogens (tertiary/aromatic N) is 5. The Morgan fingerprint density at radius 3 is 2.88 bits per heavy atom. The summed E-state index contributed by atoms with van der Waals surface area (Å²) < 4.78 is 16.9. The molecule has 1 aliphatic heterocycles. The van der Waals surface area contributed by atoms with Crippen LogP contribution in [0.25, 0.3) is 0 Å². The van der Waals surface area contributed by atoms with Crippen LogP contribution in [0.5, 0.6) is 0 Å². The molecule has 6 nitrogen and oxygen atoms in total. The van der Waals surface area contributed by atoms with Gasteiger partial charge in [-0.1, -0.05) is 17.7 Å². The molecule has 3 aromatic rings. The molecule has 0 saturated carbocycles. The lowest BCUT2D eigenvalue weighted by Gasteiger charge is -2.27. The molecule has 1 aromatic carbocycles. The van der Waals surface area contributed by atoms with Crippen molar-refractivity contribution in [2.45, 2.75) is 25.7 Å². The number of aliphatic hydroxyl groups is 1. The Kier molecular flexibility index (Phi) is 4.52. The fraction of sp³-hybridized carbons (Fsp3) is 0.333. The van der Waals surface area contributed by atoms with Gasteiger partial charge in [-0.25, -0.2) is 9.37 Å². The molecule has 0 spiro atoms. The van der Waals surface area contributed by atoms with Crippen LogP contribution in [0.4, 0.5) is 4.39 Å². The summed E-state index contributed by atoms with van der Waals surface area (Å²) in [5.74, 6) is 0.235. The summed E-state index contributed by atoms with van der Waals surface area (Å²) in [7, 11) is 1.84. The number of benzene rings is 1. The smallest absolute Gasteiger partial charge is 0.155 e. The number of halogens is 2. The maximum Gasteiger partial charge on any atom is 0.155 e. The number of hydrogen-bond acceptors (Lipinski definition) is 4. The summed E-state index contributed by atoms with van der Waals surface area (Å²) in [6.45, 7) is 2.86. The van der Waals surface area contributed by atoms with Gasteiger partial charge in [-0.2, -0.15) is 5.10 Å². The van der Waals surface area contributed by atoms with E-state index in [1.165, 1.54) is 12.1 Å². The molecule has 1 atom stereocenters. The van der Waals surface area contributed by atoms with Crippen LogP contribution in [-0.4, -0.2) is 35.9 Å². The van der Waals surface area contributed by atoms with Crippen LogP contribution in [0.3, 0.4) is 0 Å². The lowest BCUT2D eigenvalue weighted by atomic mass is 10.1. The van der Waals surface area contributed by atoms with Gasteiger partial charge in [-0.15, -0.1) is 0 Å². The number of hydrogen-bond donors (Lipinski definition) is 1. The SMILES string of the molecule is Cn1ccnc1C(O)c1cc2n(n1)CCN(Cc1ccc(F)cc1Cl)C2. The molecular formula is C18H19ClFN5O. The molecule has 0 fully saturated rings. The van der Waals surface area contributed by atoms with Crippen LogP contribution in [0.1, 0.15) is 28.9 Å². The Labute approximate surface area is 155 Å². The van der Waals surface area contributed by atoms with Crippen LogP contribution < -0.4 is 0 Å². The van der Waals surface area contributed by atoms with Gasteiger partial charge in [-0.3, -0.25) is 9.58 Å². The fourth-order valence-electron chi connectivity index (χ4n) is 3.28. The Balaban J connectivity index is 1.51. The van der Waals surface area contributed by atoms with E-state index in [1.807, 2.05) is 17.8 Å². The average Bonchev–Trinajstić information content (AvgIpc) is 3.22. The van der Waals surface area contributed by atoms with Crippen molar-refractivity contribution in [3.63, 3.8) is 0 Å². The van der Waals surface area contributed by atoms with E-state index in [2.05, 4.69) is 15.0 Å². The van der Waals surface area contributed by atoms with Crippen molar-refractivity contribution < 1.29 is 9.50 Å². The summed E-state index contributed by atoms with van der Waals surface area (Å²) in [6, 6.07) is 6.40. The van der Waals surface area contributed by atoms with Crippen molar-refractivity contribution >= 4 is 11.6 Å². The Morgan fingerprint density at radius 1 is 1.31 bits per heavy atom. The number of aliphatic hydroxyl groups excluding tert-OH is 1. The molecule has 26 heavy (non-hydrogen) atoms. The minimum Gasteiger partial charge on any atom is -0.379 e. The normalized spacial score (nSPS) is 15.8. The van der Waals surface area contributed by atoms with E-state index < -0.39 is 6.10 Å². The molecule has 1 unspecified atom stereocenters. The summed E-state index contributed by atoms with van der Waals surface area (Å²) in [5.41, 5.74) is 2.52. The molecule has 3 heterocycles. The molecule has 0 amide bonds. The first-order valence-corrected chi connectivity index (χ1v) is 8.77. The summed E-state index contributed by atoms with van der Waals surface area (Å²) in [4.78, 5) is 6.42. The van der Waals surface area contributed by atoms with Crippen LogP contribution in [0.2, 0.25) is 5.02 Å². The van der Waals surface area contributed by atoms with Gasteiger partial charge in [0.15, 0.2) is 6.10 Å². The van der Waals surface area contributed by atoms with Crippen molar-refractivity contribution in [1.82, 2.24) is 24.2 Å². The third-order valence-corrected chi connectivity index (χ3v) is 5.04. The summed E-state index contributed by atoms with van der Waals surface area (Å²) >= 11 is 6.14. The molecule has 1 aliphatic rings. The third kappa shape index (κ3) is 3.25. The Hall–Kier alpha value is -2.22. The fourth-order valence-corrected chi connectivity index (χ4v) is 3.50. The molecule has 0 bridgehead atoms. The van der Waals surface area contributed by atoms with Gasteiger partial charge in [0, 0.05) is 44.1 Å². The number of aryl methyl sites for hydroxylation is 1. The summed E-state index contributed by atoms with van der Waals surface area (Å²) in [5, 5.41) is 15.5. The van der Waals surface area contributed by atoms with Crippen LogP contribution in [-0.2, 0) is 26.7 Å². The minimum absolute atomic E-state index is 0.330. The Morgan fingerprint density at radius 2 is 2.15 bits per heavy atom. The second kappa shape index (κ2) is 6.83. The zero-order valence-electron chi connectivity index (χ0n) is 14.3. The van der Waals surface area contributed by atoms with E-state index in [9.17, 15) is 9.50 Å². The second-order valence-electron chi connectivity index (χ2n) is 6.53. The van der Waals surface area contributed by atoms with Crippen molar-refractivity contribution in [3.8, 4) is 0 Å². The van der Waals surface area contributed by atoms with E-state index in [4.69, 9.17) is 11.6 Å². The van der Waals surface area contributed by atoms with E-state index in [0.717, 1.165) is 24.3 Å². The zero-order chi connectivity index (χ0) is 18.3. The quantitative estimate of drug-likeness (QED) is 0.761. The minimum atomic E-state index is -0.854. The first kappa shape index (κ1) is 17.2. The van der Waals surface area contributed by atoms with E-state index >= 15 is 0 Å². The molecule has 136 valence electrons. The van der Waals surface area contributed by atoms with Gasteiger partial charge in [0.1, 0.15) is 11.6 Å². The van der Waals surface area contributed by atoms with Gasteiger partial charge in [0.25, 0.3) is 0 Å². The highest BCUT2D eigenvalue weighted by atomic mass is 35.5. The maximum atomic E-state index is 13.2. The first-order chi connectivity index (χ1) is 12.5. The molecule has 0 aliphatic carbocycles. The van der Waals surface area contributed by atoms with Gasteiger partial charge >= 0.3 is 0 Å². The van der Waals surface area contributed by atoms with Gasteiger partial charge in [0.2, 0.25) is 0 Å². The van der Waals surface area contributed by atoms with Crippen LogP contribution in [0.15, 0.2) is 36.7 Å². The highest BCUT2D eigenvalue weighted by molar-refractivity contribution is 6.31. The topological polar surface area (TPSA) is 59.1 Å². The van der Waals surface area contributed by atoms with Crippen LogP contribution >= 0.6 is 11.6 Å². The predicted molar refractivity (Wildman–Crippen MR) is 95.0 cm³/mol. The van der Waals surface area contributed by atoms with Gasteiger partial charge < -0.3 is 9.67 Å². The van der Waals surface area contributed by atoms with E-state index in [0.29, 0.717) is 29.6 Å². The summed E-state index contributed by atoms with van der Waals surface area (Å²) in [6.07, 6.45) is 2.60. The molecule has 1 N–H and O–H groups in total. The number of imidazole rings is 1. The van der Waals surface area contributed by atoms with Crippen molar-refractivity contribution in [1.29, 1.82) is 0 Å². The second-order valence-corrected chi connectivity index (χ2v) is 6.94. The van der Waals surface area contributed by atoms with Crippen LogP contribution in [0, 0.1) is 5.82 Å². The van der Waals surface area contributed by atoms with Gasteiger partial charge in [0.05, 0.1) is 17.9 Å². The molecule has 8 heteroatoms. The van der Waals surface area contributed by atoms with Gasteiger partial charge in [-0.05, 0) is 23.8 Å². The van der Waals surface area contributed by atoms with E-state index in [1.54, 1.807) is 23.0 Å². The lowest BCUT2D eigenvalue weighted by Crippen LogP contribution is -2.33. The number of aromatic nitrogens is 4. The molecule has 0 saturated heterocycles. The van der Waals surface area contributed by atoms with E-state index in [-0.39, 0.29) is 5.82 Å². The predicted octanol–water partition coefficient (Wildman–Crippen LogP) is 2.51. The zero-order valence-corrected chi connectivity index (χ0v) is 15.1. The molecule has 4 rings (SSSR count). The Bertz CT molecular complexity index is 938. The molecule has 2 aromatic heterocycles. The monoisotopic (exact) mass is 375 g/mol. The molecule has 0 radical (unpaired) electrons. The number of fused-ring (bicyclic) bond motifs is 1.